The van der Waals surface area contributed by atoms with Crippen LogP contribution >= 0.6 is 27.3 Å². The minimum absolute atomic E-state index is 0.290. The lowest BCUT2D eigenvalue weighted by atomic mass is 10.1. The summed E-state index contributed by atoms with van der Waals surface area (Å²) >= 11 is 5.30. The molecule has 2 nitrogen and oxygen atoms in total. The second-order valence-electron chi connectivity index (χ2n) is 4.70. The van der Waals surface area contributed by atoms with Gasteiger partial charge in [-0.25, -0.2) is 4.98 Å². The lowest BCUT2D eigenvalue weighted by Gasteiger charge is -2.17. The fourth-order valence-electron chi connectivity index (χ4n) is 2.24. The molecule has 2 rings (SSSR count). The van der Waals surface area contributed by atoms with Crippen molar-refractivity contribution in [3.05, 3.63) is 43.8 Å². The van der Waals surface area contributed by atoms with E-state index in [2.05, 4.69) is 72.1 Å². The summed E-state index contributed by atoms with van der Waals surface area (Å²) in [5, 5.41) is 4.74. The Kier molecular flexibility index (Phi) is 4.63. The lowest BCUT2D eigenvalue weighted by molar-refractivity contribution is 0.884. The van der Waals surface area contributed by atoms with Crippen LogP contribution in [-0.2, 0) is 6.42 Å². The van der Waals surface area contributed by atoms with Gasteiger partial charge in [-0.05, 0) is 51.0 Å². The van der Waals surface area contributed by atoms with Gasteiger partial charge in [0, 0.05) is 15.0 Å². The smallest absolute Gasteiger partial charge is 0.0900 e. The predicted molar refractivity (Wildman–Crippen MR) is 87.1 cm³/mol. The quantitative estimate of drug-likeness (QED) is 0.822. The molecule has 0 radical (unpaired) electrons. The molecular weight excluding hydrogens is 320 g/mol. The molecule has 0 aliphatic carbocycles. The Morgan fingerprint density at radius 1 is 1.37 bits per heavy atom. The maximum absolute atomic E-state index is 4.50. The molecule has 1 N–H and O–H groups in total. The van der Waals surface area contributed by atoms with Crippen LogP contribution in [0.25, 0.3) is 0 Å². The lowest BCUT2D eigenvalue weighted by Crippen LogP contribution is -2.08. The highest BCUT2D eigenvalue weighted by atomic mass is 79.9. The summed E-state index contributed by atoms with van der Waals surface area (Å²) in [4.78, 5) is 5.82. The molecule has 2 aromatic rings. The fourth-order valence-corrected chi connectivity index (χ4v) is 3.58. The van der Waals surface area contributed by atoms with Crippen LogP contribution < -0.4 is 5.32 Å². The van der Waals surface area contributed by atoms with Crippen molar-refractivity contribution in [3.63, 3.8) is 0 Å². The molecule has 0 saturated carbocycles. The highest BCUT2D eigenvalue weighted by Crippen LogP contribution is 2.30. The minimum atomic E-state index is 0.290. The summed E-state index contributed by atoms with van der Waals surface area (Å²) in [6.45, 7) is 8.52. The maximum atomic E-state index is 4.50. The van der Waals surface area contributed by atoms with Gasteiger partial charge in [0.25, 0.3) is 0 Å². The minimum Gasteiger partial charge on any atom is -0.377 e. The second kappa shape index (κ2) is 6.06. The zero-order chi connectivity index (χ0) is 14.0. The molecule has 0 aliphatic rings. The number of nitrogens with zero attached hydrogens (tertiary/aromatic N) is 1. The van der Waals surface area contributed by atoms with Gasteiger partial charge in [0.2, 0.25) is 0 Å². The Morgan fingerprint density at radius 3 is 2.68 bits per heavy atom. The van der Waals surface area contributed by atoms with Crippen molar-refractivity contribution in [2.75, 3.05) is 5.32 Å². The molecule has 1 aromatic carbocycles. The van der Waals surface area contributed by atoms with Gasteiger partial charge in [0.1, 0.15) is 0 Å². The Balaban J connectivity index is 2.23. The van der Waals surface area contributed by atoms with Gasteiger partial charge in [-0.15, -0.1) is 11.3 Å². The molecule has 1 aromatic heterocycles. The number of hydrogen-bond acceptors (Lipinski definition) is 3. The highest BCUT2D eigenvalue weighted by Gasteiger charge is 2.14. The molecular formula is C15H19BrN2S. The van der Waals surface area contributed by atoms with Crippen LogP contribution in [0.3, 0.4) is 0 Å². The molecule has 0 aliphatic heterocycles. The number of thiazole rings is 1. The van der Waals surface area contributed by atoms with Gasteiger partial charge >= 0.3 is 0 Å². The Morgan fingerprint density at radius 2 is 2.11 bits per heavy atom. The third kappa shape index (κ3) is 3.37. The number of benzene rings is 1. The van der Waals surface area contributed by atoms with Gasteiger partial charge in [-0.3, -0.25) is 0 Å². The summed E-state index contributed by atoms with van der Waals surface area (Å²) < 4.78 is 1.13. The van der Waals surface area contributed by atoms with E-state index in [4.69, 9.17) is 0 Å². The molecule has 1 atom stereocenters. The van der Waals surface area contributed by atoms with E-state index in [1.165, 1.54) is 16.1 Å². The monoisotopic (exact) mass is 338 g/mol. The van der Waals surface area contributed by atoms with Crippen molar-refractivity contribution in [2.24, 2.45) is 0 Å². The van der Waals surface area contributed by atoms with E-state index in [1.807, 2.05) is 0 Å². The van der Waals surface area contributed by atoms with Gasteiger partial charge in [0.15, 0.2) is 0 Å². The van der Waals surface area contributed by atoms with Gasteiger partial charge in [-0.2, -0.15) is 0 Å². The first kappa shape index (κ1) is 14.5. The average molecular weight is 339 g/mol. The molecule has 1 heterocycles. The van der Waals surface area contributed by atoms with E-state index < -0.39 is 0 Å². The van der Waals surface area contributed by atoms with E-state index in [0.717, 1.165) is 21.6 Å². The SMILES string of the molecule is CCc1cc(Br)ccc1NC(C)c1sc(C)nc1C. The normalized spacial score (nSPS) is 12.5. The maximum Gasteiger partial charge on any atom is 0.0900 e. The molecule has 0 amide bonds. The average Bonchev–Trinajstić information content (AvgIpc) is 2.70. The molecule has 0 spiro atoms. The number of anilines is 1. The van der Waals surface area contributed by atoms with Crippen molar-refractivity contribution in [2.45, 2.75) is 40.2 Å². The van der Waals surface area contributed by atoms with E-state index in [9.17, 15) is 0 Å². The third-order valence-corrected chi connectivity index (χ3v) is 4.90. The number of aryl methyl sites for hydroxylation is 3. The number of aromatic nitrogens is 1. The Bertz CT molecular complexity index is 578. The molecule has 0 fully saturated rings. The van der Waals surface area contributed by atoms with Crippen LogP contribution in [0.1, 0.15) is 41.0 Å². The van der Waals surface area contributed by atoms with Gasteiger partial charge in [0.05, 0.1) is 16.7 Å². The number of hydrogen-bond donors (Lipinski definition) is 1. The van der Waals surface area contributed by atoms with Crippen LogP contribution in [0.4, 0.5) is 5.69 Å². The molecule has 102 valence electrons. The third-order valence-electron chi connectivity index (χ3n) is 3.15. The van der Waals surface area contributed by atoms with Gasteiger partial charge < -0.3 is 5.32 Å². The van der Waals surface area contributed by atoms with Gasteiger partial charge in [-0.1, -0.05) is 22.9 Å². The van der Waals surface area contributed by atoms with Crippen LogP contribution in [0.2, 0.25) is 0 Å². The largest absolute Gasteiger partial charge is 0.377 e. The van der Waals surface area contributed by atoms with Crippen molar-refractivity contribution in [3.8, 4) is 0 Å². The van der Waals surface area contributed by atoms with Crippen LogP contribution in [0, 0.1) is 13.8 Å². The first-order valence-corrected chi connectivity index (χ1v) is 8.11. The summed E-state index contributed by atoms with van der Waals surface area (Å²) in [5.74, 6) is 0. The first-order chi connectivity index (χ1) is 9.01. The summed E-state index contributed by atoms with van der Waals surface area (Å²) in [7, 11) is 0. The molecule has 0 saturated heterocycles. The first-order valence-electron chi connectivity index (χ1n) is 6.50. The number of rotatable bonds is 4. The second-order valence-corrected chi connectivity index (χ2v) is 6.85. The zero-order valence-electron chi connectivity index (χ0n) is 11.7. The van der Waals surface area contributed by atoms with Crippen molar-refractivity contribution < 1.29 is 0 Å². The number of halogens is 1. The van der Waals surface area contributed by atoms with Crippen molar-refractivity contribution in [1.29, 1.82) is 0 Å². The van der Waals surface area contributed by atoms with Crippen LogP contribution in [0.5, 0.6) is 0 Å². The molecule has 19 heavy (non-hydrogen) atoms. The molecule has 1 unspecified atom stereocenters. The van der Waals surface area contributed by atoms with Crippen LogP contribution in [-0.4, -0.2) is 4.98 Å². The van der Waals surface area contributed by atoms with E-state index in [0.29, 0.717) is 0 Å². The molecule has 4 heteroatoms. The summed E-state index contributed by atoms with van der Waals surface area (Å²) in [5.41, 5.74) is 3.68. The Hall–Kier alpha value is -0.870. The Labute approximate surface area is 127 Å². The highest BCUT2D eigenvalue weighted by molar-refractivity contribution is 9.10. The van der Waals surface area contributed by atoms with E-state index in [1.54, 1.807) is 11.3 Å². The van der Waals surface area contributed by atoms with E-state index >= 15 is 0 Å². The predicted octanol–water partition coefficient (Wildman–Crippen LogP) is 5.26. The van der Waals surface area contributed by atoms with E-state index in [-0.39, 0.29) is 6.04 Å². The summed E-state index contributed by atoms with van der Waals surface area (Å²) in [6, 6.07) is 6.69. The number of nitrogens with one attached hydrogen (secondary N) is 1. The van der Waals surface area contributed by atoms with Crippen molar-refractivity contribution >= 4 is 33.0 Å². The topological polar surface area (TPSA) is 24.9 Å². The zero-order valence-corrected chi connectivity index (χ0v) is 14.2. The van der Waals surface area contributed by atoms with Crippen molar-refractivity contribution in [1.82, 2.24) is 4.98 Å². The fraction of sp³-hybridized carbons (Fsp3) is 0.400. The summed E-state index contributed by atoms with van der Waals surface area (Å²) in [6.07, 6.45) is 1.02. The van der Waals surface area contributed by atoms with Crippen LogP contribution in [0.15, 0.2) is 22.7 Å². The standard InChI is InChI=1S/C15H19BrN2S/c1-5-12-8-13(16)6-7-14(12)18-10(3)15-9(2)17-11(4)19-15/h6-8,10,18H,5H2,1-4H3. The molecule has 0 bridgehead atoms.